The molecule has 1 aromatic heterocycles. The maximum Gasteiger partial charge on any atom is 0.260 e. The summed E-state index contributed by atoms with van der Waals surface area (Å²) in [5.41, 5.74) is 0.806. The van der Waals surface area contributed by atoms with Crippen molar-refractivity contribution >= 4 is 16.8 Å². The lowest BCUT2D eigenvalue weighted by molar-refractivity contribution is -0.134. The van der Waals surface area contributed by atoms with Crippen molar-refractivity contribution < 1.29 is 9.53 Å². The fraction of sp³-hybridized carbons (Fsp3) is 0.412. The molecule has 0 atom stereocenters. The predicted octanol–water partition coefficient (Wildman–Crippen LogP) is 2.87. The first-order chi connectivity index (χ1) is 10.2. The number of hydrogen-bond donors (Lipinski definition) is 0. The minimum Gasteiger partial charge on any atom is -0.481 e. The van der Waals surface area contributed by atoms with Gasteiger partial charge >= 0.3 is 0 Å². The van der Waals surface area contributed by atoms with Gasteiger partial charge in [-0.05, 0) is 30.9 Å². The number of piperidine rings is 1. The van der Waals surface area contributed by atoms with Crippen LogP contribution in [0.3, 0.4) is 0 Å². The monoisotopic (exact) mass is 284 g/mol. The molecule has 4 heteroatoms. The van der Waals surface area contributed by atoms with E-state index in [1.165, 1.54) is 0 Å². The van der Waals surface area contributed by atoms with Crippen LogP contribution < -0.4 is 4.74 Å². The second-order valence-electron chi connectivity index (χ2n) is 5.68. The topological polar surface area (TPSA) is 42.4 Å². The number of nitrogens with zero attached hydrogens (tertiary/aromatic N) is 2. The molecule has 2 aromatic rings. The van der Waals surface area contributed by atoms with Crippen LogP contribution in [0.25, 0.3) is 10.9 Å². The van der Waals surface area contributed by atoms with Gasteiger partial charge in [-0.15, -0.1) is 0 Å². The van der Waals surface area contributed by atoms with Crippen LogP contribution in [0.1, 0.15) is 19.8 Å². The van der Waals surface area contributed by atoms with Crippen LogP contribution in [0.2, 0.25) is 0 Å². The molecule has 0 spiro atoms. The molecule has 1 aliphatic heterocycles. The Morgan fingerprint density at radius 2 is 2.05 bits per heavy atom. The summed E-state index contributed by atoms with van der Waals surface area (Å²) in [6.07, 6.45) is 3.91. The molecule has 110 valence electrons. The molecular formula is C17H20N2O2. The van der Waals surface area contributed by atoms with Crippen molar-refractivity contribution in [2.24, 2.45) is 5.92 Å². The van der Waals surface area contributed by atoms with E-state index in [2.05, 4.69) is 11.9 Å². The quantitative estimate of drug-likeness (QED) is 0.870. The van der Waals surface area contributed by atoms with Crippen LogP contribution in [0, 0.1) is 5.92 Å². The van der Waals surface area contributed by atoms with Gasteiger partial charge in [0.2, 0.25) is 0 Å². The third-order valence-electron chi connectivity index (χ3n) is 4.08. The Morgan fingerprint density at radius 1 is 1.29 bits per heavy atom. The summed E-state index contributed by atoms with van der Waals surface area (Å²) in [5, 5.41) is 1.02. The molecule has 3 rings (SSSR count). The zero-order valence-electron chi connectivity index (χ0n) is 12.3. The summed E-state index contributed by atoms with van der Waals surface area (Å²) >= 11 is 0. The Balaban J connectivity index is 1.65. The van der Waals surface area contributed by atoms with E-state index in [9.17, 15) is 4.79 Å². The summed E-state index contributed by atoms with van der Waals surface area (Å²) < 4.78 is 5.71. The highest BCUT2D eigenvalue weighted by Crippen LogP contribution is 2.23. The van der Waals surface area contributed by atoms with Crippen molar-refractivity contribution in [2.75, 3.05) is 19.7 Å². The maximum atomic E-state index is 12.2. The van der Waals surface area contributed by atoms with Crippen molar-refractivity contribution in [3.8, 4) is 5.75 Å². The van der Waals surface area contributed by atoms with Crippen molar-refractivity contribution in [3.63, 3.8) is 0 Å². The highest BCUT2D eigenvalue weighted by atomic mass is 16.5. The largest absolute Gasteiger partial charge is 0.481 e. The maximum absolute atomic E-state index is 12.2. The van der Waals surface area contributed by atoms with Crippen molar-refractivity contribution in [1.82, 2.24) is 9.88 Å². The fourth-order valence-corrected chi connectivity index (χ4v) is 2.68. The molecule has 1 aromatic carbocycles. The Bertz CT molecular complexity index is 628. The van der Waals surface area contributed by atoms with Gasteiger partial charge in [0.1, 0.15) is 11.3 Å². The number of para-hydroxylation sites is 1. The molecule has 0 aliphatic carbocycles. The third kappa shape index (κ3) is 3.15. The zero-order chi connectivity index (χ0) is 14.7. The minimum absolute atomic E-state index is 0.0647. The molecule has 0 unspecified atom stereocenters. The number of ether oxygens (including phenoxy) is 1. The van der Waals surface area contributed by atoms with Gasteiger partial charge in [0, 0.05) is 24.7 Å². The van der Waals surface area contributed by atoms with Crippen molar-refractivity contribution in [1.29, 1.82) is 0 Å². The molecule has 1 fully saturated rings. The predicted molar refractivity (Wildman–Crippen MR) is 82.2 cm³/mol. The molecule has 2 heterocycles. The Hall–Kier alpha value is -2.10. The van der Waals surface area contributed by atoms with Gasteiger partial charge in [-0.2, -0.15) is 0 Å². The van der Waals surface area contributed by atoms with Crippen molar-refractivity contribution in [3.05, 3.63) is 36.5 Å². The van der Waals surface area contributed by atoms with Crippen molar-refractivity contribution in [2.45, 2.75) is 19.8 Å². The lowest BCUT2D eigenvalue weighted by atomic mass is 9.99. The third-order valence-corrected chi connectivity index (χ3v) is 4.08. The van der Waals surface area contributed by atoms with Crippen LogP contribution in [0.5, 0.6) is 5.75 Å². The number of hydrogen-bond acceptors (Lipinski definition) is 3. The second kappa shape index (κ2) is 6.12. The number of fused-ring (bicyclic) bond motifs is 1. The normalized spacial score (nSPS) is 16.1. The van der Waals surface area contributed by atoms with E-state index >= 15 is 0 Å². The van der Waals surface area contributed by atoms with Crippen LogP contribution in [-0.2, 0) is 4.79 Å². The number of aromatic nitrogens is 1. The summed E-state index contributed by atoms with van der Waals surface area (Å²) in [7, 11) is 0. The standard InChI is InChI=1S/C17H20N2O2/c1-13-7-10-19(11-8-13)16(20)12-21-15-6-2-4-14-5-3-9-18-17(14)15/h2-6,9,13H,7-8,10-12H2,1H3. The van der Waals surface area contributed by atoms with Crippen LogP contribution >= 0.6 is 0 Å². The molecule has 1 aliphatic rings. The van der Waals surface area contributed by atoms with E-state index in [-0.39, 0.29) is 12.5 Å². The number of rotatable bonds is 3. The summed E-state index contributed by atoms with van der Waals surface area (Å²) in [6.45, 7) is 4.01. The molecule has 0 radical (unpaired) electrons. The van der Waals surface area contributed by atoms with Gasteiger partial charge in [-0.1, -0.05) is 25.1 Å². The SMILES string of the molecule is CC1CCN(C(=O)COc2cccc3cccnc23)CC1. The number of pyridine rings is 1. The van der Waals surface area contributed by atoms with E-state index < -0.39 is 0 Å². The smallest absolute Gasteiger partial charge is 0.260 e. The summed E-state index contributed by atoms with van der Waals surface area (Å²) in [4.78, 5) is 18.4. The lowest BCUT2D eigenvalue weighted by Crippen LogP contribution is -2.40. The number of carbonyl (C=O) groups is 1. The van der Waals surface area contributed by atoms with Gasteiger partial charge in [-0.25, -0.2) is 0 Å². The van der Waals surface area contributed by atoms with Gasteiger partial charge in [0.05, 0.1) is 0 Å². The van der Waals surface area contributed by atoms with Crippen LogP contribution in [-0.4, -0.2) is 35.5 Å². The molecule has 0 bridgehead atoms. The molecule has 0 saturated carbocycles. The highest BCUT2D eigenvalue weighted by Gasteiger charge is 2.20. The first-order valence-corrected chi connectivity index (χ1v) is 7.48. The molecule has 21 heavy (non-hydrogen) atoms. The van der Waals surface area contributed by atoms with Crippen LogP contribution in [0.15, 0.2) is 36.5 Å². The number of benzene rings is 1. The summed E-state index contributed by atoms with van der Waals surface area (Å²) in [5.74, 6) is 1.46. The Kier molecular flexibility index (Phi) is 4.04. The average Bonchev–Trinajstić information content (AvgIpc) is 2.53. The molecule has 1 saturated heterocycles. The van der Waals surface area contributed by atoms with E-state index in [1.54, 1.807) is 6.20 Å². The Morgan fingerprint density at radius 3 is 2.86 bits per heavy atom. The van der Waals surface area contributed by atoms with Gasteiger partial charge in [0.25, 0.3) is 5.91 Å². The van der Waals surface area contributed by atoms with E-state index in [0.717, 1.165) is 42.8 Å². The Labute approximate surface area is 124 Å². The molecule has 1 amide bonds. The molecule has 0 N–H and O–H groups in total. The summed E-state index contributed by atoms with van der Waals surface area (Å²) in [6, 6.07) is 9.66. The fourth-order valence-electron chi connectivity index (χ4n) is 2.68. The molecular weight excluding hydrogens is 264 g/mol. The van der Waals surface area contributed by atoms with Crippen LogP contribution in [0.4, 0.5) is 0 Å². The zero-order valence-corrected chi connectivity index (χ0v) is 12.3. The van der Waals surface area contributed by atoms with E-state index in [0.29, 0.717) is 5.75 Å². The first-order valence-electron chi connectivity index (χ1n) is 7.48. The number of amides is 1. The van der Waals surface area contributed by atoms with Gasteiger partial charge in [0.15, 0.2) is 6.61 Å². The number of carbonyl (C=O) groups excluding carboxylic acids is 1. The number of likely N-dealkylation sites (tertiary alicyclic amines) is 1. The van der Waals surface area contributed by atoms with Gasteiger partial charge < -0.3 is 9.64 Å². The molecule has 4 nitrogen and oxygen atoms in total. The van der Waals surface area contributed by atoms with E-state index in [1.807, 2.05) is 35.2 Å². The van der Waals surface area contributed by atoms with Gasteiger partial charge in [-0.3, -0.25) is 9.78 Å². The second-order valence-corrected chi connectivity index (χ2v) is 5.68. The van der Waals surface area contributed by atoms with E-state index in [4.69, 9.17) is 4.74 Å². The first kappa shape index (κ1) is 13.9. The average molecular weight is 284 g/mol. The highest BCUT2D eigenvalue weighted by molar-refractivity contribution is 5.85. The minimum atomic E-state index is 0.0647. The lowest BCUT2D eigenvalue weighted by Gasteiger charge is -2.30.